The number of fused-ring (bicyclic) bond motifs is 1. The van der Waals surface area contributed by atoms with E-state index in [1.54, 1.807) is 6.21 Å². The highest BCUT2D eigenvalue weighted by Gasteiger charge is 2.66. The van der Waals surface area contributed by atoms with Crippen molar-refractivity contribution in [3.05, 3.63) is 35.9 Å². The second-order valence-corrected chi connectivity index (χ2v) is 4.34. The van der Waals surface area contributed by atoms with E-state index in [1.807, 2.05) is 0 Å². The van der Waals surface area contributed by atoms with Crippen molar-refractivity contribution in [3.63, 3.8) is 0 Å². The zero-order chi connectivity index (χ0) is 11.6. The van der Waals surface area contributed by atoms with Gasteiger partial charge >= 0.3 is 0 Å². The van der Waals surface area contributed by atoms with Crippen molar-refractivity contribution >= 4 is 6.21 Å². The lowest BCUT2D eigenvalue weighted by molar-refractivity contribution is 0.399. The molecule has 1 heterocycles. The number of hydrogen-bond acceptors (Lipinski definition) is 3. The molecule has 0 radical (unpaired) electrons. The van der Waals surface area contributed by atoms with Crippen LogP contribution in [0.25, 0.3) is 0 Å². The van der Waals surface area contributed by atoms with Gasteiger partial charge in [0.05, 0.1) is 0 Å². The molecular formula is C13H20N2O. The van der Waals surface area contributed by atoms with Crippen molar-refractivity contribution in [2.75, 3.05) is 20.2 Å². The van der Waals surface area contributed by atoms with Gasteiger partial charge in [0.15, 0.2) is 0 Å². The average molecular weight is 220 g/mol. The van der Waals surface area contributed by atoms with Crippen molar-refractivity contribution < 1.29 is 6.53 Å². The van der Waals surface area contributed by atoms with Crippen LogP contribution in [0.2, 0.25) is 0 Å². The summed E-state index contributed by atoms with van der Waals surface area (Å²) in [5.41, 5.74) is 1.67. The van der Waals surface area contributed by atoms with E-state index in [1.165, 1.54) is 5.56 Å². The van der Waals surface area contributed by atoms with Crippen LogP contribution in [-0.4, -0.2) is 31.5 Å². The third kappa shape index (κ3) is 1.39. The first-order valence-electron chi connectivity index (χ1n) is 5.61. The van der Waals surface area contributed by atoms with Crippen LogP contribution in [0.4, 0.5) is 0 Å². The van der Waals surface area contributed by atoms with Gasteiger partial charge in [0.1, 0.15) is 0 Å². The molecule has 3 nitrogen and oxygen atoms in total. The molecule has 1 saturated heterocycles. The predicted molar refractivity (Wildman–Crippen MR) is 67.0 cm³/mol. The van der Waals surface area contributed by atoms with Crippen LogP contribution < -0.4 is 5.32 Å². The Morgan fingerprint density at radius 1 is 1.44 bits per heavy atom. The van der Waals surface area contributed by atoms with Gasteiger partial charge in [0, 0.05) is 26.4 Å². The first-order valence-corrected chi connectivity index (χ1v) is 5.61. The second-order valence-electron chi connectivity index (χ2n) is 4.34. The topological polar surface area (TPSA) is 56.1 Å². The van der Waals surface area contributed by atoms with Gasteiger partial charge in [-0.2, -0.15) is 0 Å². The highest BCUT2D eigenvalue weighted by molar-refractivity contribution is 5.69. The molecule has 3 N–H and O–H groups in total. The lowest BCUT2D eigenvalue weighted by Gasteiger charge is -2.13. The molecule has 88 valence electrons. The highest BCUT2D eigenvalue weighted by atomic mass is 16.2. The number of nitrogens with one attached hydrogen (secondary N) is 2. The van der Waals surface area contributed by atoms with Gasteiger partial charge in [-0.15, -0.1) is 0 Å². The molecule has 0 aromatic heterocycles. The minimum Gasteiger partial charge on any atom is -0.400 e. The summed E-state index contributed by atoms with van der Waals surface area (Å²) in [6.07, 6.45) is 1.64. The van der Waals surface area contributed by atoms with Crippen LogP contribution >= 0.6 is 0 Å². The molecule has 1 aromatic carbocycles. The number of benzene rings is 1. The minimum absolute atomic E-state index is 0. The molecule has 1 aromatic rings. The molecule has 0 spiro atoms. The van der Waals surface area contributed by atoms with Gasteiger partial charge < -0.3 is 15.8 Å². The normalized spacial score (nSPS) is 34.6. The maximum atomic E-state index is 7.44. The number of rotatable bonds is 2. The van der Waals surface area contributed by atoms with Crippen molar-refractivity contribution in [1.82, 2.24) is 5.32 Å². The van der Waals surface area contributed by atoms with Crippen LogP contribution in [-0.2, 0) is 5.41 Å². The molecule has 1 aliphatic heterocycles. The lowest BCUT2D eigenvalue weighted by Crippen LogP contribution is -2.23. The van der Waals surface area contributed by atoms with Gasteiger partial charge in [-0.05, 0) is 24.2 Å². The van der Waals surface area contributed by atoms with E-state index in [4.69, 9.17) is 10.5 Å². The fraction of sp³-hybridized carbons (Fsp3) is 0.462. The standard InChI is InChI=1S/C12H14N2.CH4O.H2/c13-6-10-11-7-14-8-12(10,11)9-4-2-1-3-5-9;1-2;/h1-6,10-11,13-14H,7-8H2;2H,1H3;1H. The Morgan fingerprint density at radius 2 is 2.12 bits per heavy atom. The molecule has 3 unspecified atom stereocenters. The third-order valence-electron chi connectivity index (χ3n) is 3.85. The number of aliphatic hydroxyl groups excluding tert-OH is 1. The maximum absolute atomic E-state index is 7.44. The smallest absolute Gasteiger partial charge is 0.0319 e. The van der Waals surface area contributed by atoms with E-state index < -0.39 is 0 Å². The number of hydrogen-bond donors (Lipinski definition) is 3. The largest absolute Gasteiger partial charge is 0.400 e. The molecule has 3 heteroatoms. The lowest BCUT2D eigenvalue weighted by atomic mass is 9.93. The van der Waals surface area contributed by atoms with E-state index in [0.717, 1.165) is 20.2 Å². The first kappa shape index (κ1) is 11.3. The first-order chi connectivity index (χ1) is 7.89. The van der Waals surface area contributed by atoms with Crippen molar-refractivity contribution in [2.24, 2.45) is 11.8 Å². The van der Waals surface area contributed by atoms with Gasteiger partial charge in [-0.3, -0.25) is 0 Å². The quantitative estimate of drug-likeness (QED) is 0.658. The number of aliphatic hydroxyl groups is 1. The second kappa shape index (κ2) is 4.36. The fourth-order valence-corrected chi connectivity index (χ4v) is 3.07. The summed E-state index contributed by atoms with van der Waals surface area (Å²) in [7, 11) is 1.00. The van der Waals surface area contributed by atoms with Crippen LogP contribution in [0.3, 0.4) is 0 Å². The summed E-state index contributed by atoms with van der Waals surface area (Å²) >= 11 is 0. The average Bonchev–Trinajstić information content (AvgIpc) is 2.79. The Bertz CT molecular complexity index is 371. The van der Waals surface area contributed by atoms with Gasteiger partial charge in [0.25, 0.3) is 0 Å². The van der Waals surface area contributed by atoms with Gasteiger partial charge in [-0.1, -0.05) is 30.3 Å². The third-order valence-corrected chi connectivity index (χ3v) is 3.85. The van der Waals surface area contributed by atoms with E-state index in [2.05, 4.69) is 35.6 Å². The Kier molecular flexibility index (Phi) is 3.08. The van der Waals surface area contributed by atoms with Crippen molar-refractivity contribution in [2.45, 2.75) is 5.41 Å². The SMILES string of the molecule is CO.N=CC1C2CNCC12c1ccccc1.[HH]. The summed E-state index contributed by atoms with van der Waals surface area (Å²) in [4.78, 5) is 0. The summed E-state index contributed by atoms with van der Waals surface area (Å²) in [5, 5.41) is 17.9. The monoisotopic (exact) mass is 220 g/mol. The highest BCUT2D eigenvalue weighted by Crippen LogP contribution is 2.60. The van der Waals surface area contributed by atoms with Crippen LogP contribution in [0.15, 0.2) is 30.3 Å². The fourth-order valence-electron chi connectivity index (χ4n) is 3.07. The zero-order valence-corrected chi connectivity index (χ0v) is 9.48. The molecule has 3 rings (SSSR count). The molecule has 2 aliphatic rings. The molecule has 2 fully saturated rings. The summed E-state index contributed by atoms with van der Waals surface area (Å²) < 4.78 is 0. The summed E-state index contributed by atoms with van der Waals surface area (Å²) in [6.45, 7) is 2.12. The van der Waals surface area contributed by atoms with Crippen LogP contribution in [0, 0.1) is 17.2 Å². The molecular weight excluding hydrogens is 200 g/mol. The zero-order valence-electron chi connectivity index (χ0n) is 9.48. The van der Waals surface area contributed by atoms with Gasteiger partial charge in [0.2, 0.25) is 0 Å². The Balaban J connectivity index is 0.000000459. The molecule has 16 heavy (non-hydrogen) atoms. The van der Waals surface area contributed by atoms with Crippen LogP contribution in [0.5, 0.6) is 0 Å². The molecule has 0 amide bonds. The molecule has 3 atom stereocenters. The maximum Gasteiger partial charge on any atom is 0.0319 e. The Hall–Kier alpha value is -1.19. The van der Waals surface area contributed by atoms with E-state index in [-0.39, 0.29) is 6.84 Å². The minimum atomic E-state index is 0. The summed E-state index contributed by atoms with van der Waals surface area (Å²) in [5.74, 6) is 1.15. The number of piperidine rings is 1. The van der Waals surface area contributed by atoms with Gasteiger partial charge in [-0.25, -0.2) is 0 Å². The summed E-state index contributed by atoms with van der Waals surface area (Å²) in [6, 6.07) is 10.6. The van der Waals surface area contributed by atoms with Crippen molar-refractivity contribution in [1.29, 1.82) is 5.41 Å². The van der Waals surface area contributed by atoms with E-state index in [0.29, 0.717) is 11.8 Å². The Morgan fingerprint density at radius 3 is 2.69 bits per heavy atom. The molecule has 1 aliphatic carbocycles. The molecule has 0 bridgehead atoms. The van der Waals surface area contributed by atoms with E-state index >= 15 is 0 Å². The Labute approximate surface area is 97.5 Å². The molecule has 1 saturated carbocycles. The van der Waals surface area contributed by atoms with Crippen molar-refractivity contribution in [3.8, 4) is 0 Å². The van der Waals surface area contributed by atoms with Crippen LogP contribution in [0.1, 0.15) is 6.99 Å². The predicted octanol–water partition coefficient (Wildman–Crippen LogP) is 1.28. The van der Waals surface area contributed by atoms with E-state index in [9.17, 15) is 0 Å².